The lowest BCUT2D eigenvalue weighted by Gasteiger charge is -2.34. The van der Waals surface area contributed by atoms with Crippen molar-refractivity contribution in [3.8, 4) is 0 Å². The molecule has 1 atom stereocenters. The van der Waals surface area contributed by atoms with Crippen LogP contribution in [0.25, 0.3) is 0 Å². The summed E-state index contributed by atoms with van der Waals surface area (Å²) in [5, 5.41) is 3.39. The second-order valence-electron chi connectivity index (χ2n) is 10.6. The fourth-order valence-electron chi connectivity index (χ4n) is 4.82. The number of nitrogens with one attached hydrogen (secondary N) is 1. The molecule has 2 amide bonds. The second kappa shape index (κ2) is 14.4. The summed E-state index contributed by atoms with van der Waals surface area (Å²) < 4.78 is 29.2. The molecule has 4 aromatic carbocycles. The van der Waals surface area contributed by atoms with Gasteiger partial charge >= 0.3 is 0 Å². The zero-order valence-electron chi connectivity index (χ0n) is 24.5. The van der Waals surface area contributed by atoms with Gasteiger partial charge in [0.2, 0.25) is 11.8 Å². The maximum atomic E-state index is 14.5. The maximum absolute atomic E-state index is 14.5. The third-order valence-corrected chi connectivity index (χ3v) is 9.14. The van der Waals surface area contributed by atoms with E-state index in [9.17, 15) is 18.0 Å². The predicted octanol–water partition coefficient (Wildman–Crippen LogP) is 6.01. The van der Waals surface area contributed by atoms with Gasteiger partial charge in [-0.25, -0.2) is 8.42 Å². The second-order valence-corrected chi connectivity index (χ2v) is 12.9. The van der Waals surface area contributed by atoms with E-state index >= 15 is 0 Å². The molecule has 0 bridgehead atoms. The molecule has 0 saturated heterocycles. The summed E-state index contributed by atoms with van der Waals surface area (Å²) in [6.45, 7) is 4.98. The van der Waals surface area contributed by atoms with Crippen LogP contribution < -0.4 is 9.62 Å². The van der Waals surface area contributed by atoms with E-state index in [1.165, 1.54) is 17.0 Å². The number of hydrogen-bond donors (Lipinski definition) is 1. The molecule has 0 fully saturated rings. The van der Waals surface area contributed by atoms with Crippen molar-refractivity contribution in [2.45, 2.75) is 50.7 Å². The zero-order valence-corrected chi connectivity index (χ0v) is 26.1. The van der Waals surface area contributed by atoms with Crippen LogP contribution in [0.1, 0.15) is 30.5 Å². The molecule has 0 aromatic heterocycles. The molecule has 0 aliphatic carbocycles. The lowest BCUT2D eigenvalue weighted by molar-refractivity contribution is -0.140. The minimum absolute atomic E-state index is 0.00845. The molecular weight excluding hydrogens is 582 g/mol. The minimum Gasteiger partial charge on any atom is -0.352 e. The largest absolute Gasteiger partial charge is 0.352 e. The minimum atomic E-state index is -4.15. The molecular formula is C34H36ClN3O4S. The van der Waals surface area contributed by atoms with Crippen molar-refractivity contribution in [3.05, 3.63) is 131 Å². The molecule has 224 valence electrons. The van der Waals surface area contributed by atoms with Crippen molar-refractivity contribution >= 4 is 39.1 Å². The van der Waals surface area contributed by atoms with Gasteiger partial charge in [-0.3, -0.25) is 13.9 Å². The van der Waals surface area contributed by atoms with Crippen LogP contribution in [0.15, 0.2) is 114 Å². The number of aryl methyl sites for hydroxylation is 1. The van der Waals surface area contributed by atoms with Crippen LogP contribution in [0, 0.1) is 6.92 Å². The van der Waals surface area contributed by atoms with Crippen LogP contribution in [0.4, 0.5) is 5.69 Å². The molecule has 0 aliphatic rings. The Labute approximate surface area is 259 Å². The van der Waals surface area contributed by atoms with Crippen LogP contribution in [-0.2, 0) is 32.6 Å². The topological polar surface area (TPSA) is 86.8 Å². The quantitative estimate of drug-likeness (QED) is 0.211. The van der Waals surface area contributed by atoms with Gasteiger partial charge in [-0.1, -0.05) is 96.5 Å². The van der Waals surface area contributed by atoms with E-state index in [-0.39, 0.29) is 29.8 Å². The summed E-state index contributed by atoms with van der Waals surface area (Å²) in [7, 11) is -4.15. The van der Waals surface area contributed by atoms with Crippen LogP contribution in [0.3, 0.4) is 0 Å². The average molecular weight is 618 g/mol. The molecule has 0 radical (unpaired) electrons. The zero-order chi connectivity index (χ0) is 31.0. The van der Waals surface area contributed by atoms with E-state index in [4.69, 9.17) is 11.6 Å². The normalized spacial score (nSPS) is 12.0. The fraction of sp³-hybridized carbons (Fsp3) is 0.235. The van der Waals surface area contributed by atoms with E-state index in [0.717, 1.165) is 9.87 Å². The molecule has 43 heavy (non-hydrogen) atoms. The lowest BCUT2D eigenvalue weighted by atomic mass is 10.0. The molecule has 0 unspecified atom stereocenters. The molecule has 1 N–H and O–H groups in total. The smallest absolute Gasteiger partial charge is 0.264 e. The van der Waals surface area contributed by atoms with Crippen LogP contribution in [-0.4, -0.2) is 43.8 Å². The lowest BCUT2D eigenvalue weighted by Crippen LogP contribution is -2.54. The summed E-state index contributed by atoms with van der Waals surface area (Å²) in [6, 6.07) is 30.4. The van der Waals surface area contributed by atoms with Crippen LogP contribution >= 0.6 is 11.6 Å². The fourth-order valence-corrected chi connectivity index (χ4v) is 6.52. The number of rotatable bonds is 12. The number of para-hydroxylation sites is 1. The van der Waals surface area contributed by atoms with E-state index < -0.39 is 28.5 Å². The number of sulfonamides is 1. The van der Waals surface area contributed by atoms with Crippen LogP contribution in [0.2, 0.25) is 5.02 Å². The van der Waals surface area contributed by atoms with Gasteiger partial charge in [0.05, 0.1) is 10.6 Å². The third-order valence-electron chi connectivity index (χ3n) is 6.99. The average Bonchev–Trinajstić information content (AvgIpc) is 2.99. The molecule has 4 aromatic rings. The highest BCUT2D eigenvalue weighted by Crippen LogP contribution is 2.28. The van der Waals surface area contributed by atoms with Gasteiger partial charge < -0.3 is 10.2 Å². The Bertz CT molecular complexity index is 1650. The Morgan fingerprint density at radius 2 is 1.40 bits per heavy atom. The van der Waals surface area contributed by atoms with Crippen molar-refractivity contribution in [2.75, 3.05) is 10.8 Å². The maximum Gasteiger partial charge on any atom is 0.264 e. The Kier molecular flexibility index (Phi) is 10.6. The SMILES string of the molecule is Cc1ccccc1N(CC(=O)N(Cc1ccccc1Cl)[C@H](Cc1ccccc1)C(=O)NC(C)C)S(=O)(=O)c1ccccc1. The molecule has 0 saturated carbocycles. The Balaban J connectivity index is 1.82. The van der Waals surface area contributed by atoms with Gasteiger partial charge in [0.25, 0.3) is 10.0 Å². The summed E-state index contributed by atoms with van der Waals surface area (Å²) in [5.74, 6) is -0.880. The monoisotopic (exact) mass is 617 g/mol. The van der Waals surface area contributed by atoms with Crippen molar-refractivity contribution in [2.24, 2.45) is 0 Å². The standard InChI is InChI=1S/C34H36ClN3O4S/c1-25(2)36-34(40)32(22-27-15-6-4-7-16-27)37(23-28-17-11-12-20-30(28)35)33(39)24-38(31-21-13-10-14-26(31)3)43(41,42)29-18-8-5-9-19-29/h4-21,25,32H,22-24H2,1-3H3,(H,36,40)/t32-/m1/s1. The molecule has 0 heterocycles. The van der Waals surface area contributed by atoms with Crippen molar-refractivity contribution in [1.82, 2.24) is 10.2 Å². The predicted molar refractivity (Wildman–Crippen MR) is 171 cm³/mol. The first-order chi connectivity index (χ1) is 20.6. The number of amides is 2. The van der Waals surface area contributed by atoms with Gasteiger partial charge in [-0.15, -0.1) is 0 Å². The summed E-state index contributed by atoms with van der Waals surface area (Å²) >= 11 is 6.53. The molecule has 0 aliphatic heterocycles. The van der Waals surface area contributed by atoms with Crippen molar-refractivity contribution in [1.29, 1.82) is 0 Å². The summed E-state index contributed by atoms with van der Waals surface area (Å²) in [5.41, 5.74) is 2.56. The number of hydrogen-bond acceptors (Lipinski definition) is 4. The highest BCUT2D eigenvalue weighted by molar-refractivity contribution is 7.92. The Morgan fingerprint density at radius 3 is 2.02 bits per heavy atom. The molecule has 7 nitrogen and oxygen atoms in total. The first-order valence-corrected chi connectivity index (χ1v) is 15.9. The highest BCUT2D eigenvalue weighted by atomic mass is 35.5. The number of nitrogens with zero attached hydrogens (tertiary/aromatic N) is 2. The van der Waals surface area contributed by atoms with E-state index in [0.29, 0.717) is 21.8 Å². The van der Waals surface area contributed by atoms with Gasteiger partial charge in [0.1, 0.15) is 12.6 Å². The van der Waals surface area contributed by atoms with E-state index in [1.54, 1.807) is 61.5 Å². The number of anilines is 1. The molecule has 0 spiro atoms. The number of carbonyl (C=O) groups excluding carboxylic acids is 2. The first-order valence-electron chi connectivity index (χ1n) is 14.1. The molecule has 9 heteroatoms. The Morgan fingerprint density at radius 1 is 0.814 bits per heavy atom. The Hall–Kier alpha value is -4.14. The number of benzene rings is 4. The molecule has 4 rings (SSSR count). The van der Waals surface area contributed by atoms with Gasteiger partial charge in [-0.05, 0) is 61.7 Å². The summed E-state index contributed by atoms with van der Waals surface area (Å²) in [6.07, 6.45) is 0.228. The van der Waals surface area contributed by atoms with Crippen molar-refractivity contribution in [3.63, 3.8) is 0 Å². The first kappa shape index (κ1) is 31.8. The number of carbonyl (C=O) groups is 2. The highest BCUT2D eigenvalue weighted by Gasteiger charge is 2.35. The van der Waals surface area contributed by atoms with E-state index in [2.05, 4.69) is 5.32 Å². The van der Waals surface area contributed by atoms with E-state index in [1.807, 2.05) is 56.3 Å². The van der Waals surface area contributed by atoms with Gasteiger partial charge in [0.15, 0.2) is 0 Å². The van der Waals surface area contributed by atoms with Crippen LogP contribution in [0.5, 0.6) is 0 Å². The van der Waals surface area contributed by atoms with Crippen molar-refractivity contribution < 1.29 is 18.0 Å². The van der Waals surface area contributed by atoms with Gasteiger partial charge in [0, 0.05) is 24.0 Å². The van der Waals surface area contributed by atoms with Gasteiger partial charge in [-0.2, -0.15) is 0 Å². The third kappa shape index (κ3) is 8.03. The summed E-state index contributed by atoms with van der Waals surface area (Å²) in [4.78, 5) is 29.7. The number of halogens is 1.